The van der Waals surface area contributed by atoms with Gasteiger partial charge in [-0.05, 0) is 18.2 Å². The first kappa shape index (κ1) is 10.0. The van der Waals surface area contributed by atoms with E-state index in [1.165, 1.54) is 6.07 Å². The van der Waals surface area contributed by atoms with Gasteiger partial charge in [0.2, 0.25) is 0 Å². The van der Waals surface area contributed by atoms with Crippen molar-refractivity contribution in [2.45, 2.75) is 0 Å². The van der Waals surface area contributed by atoms with Gasteiger partial charge in [-0.25, -0.2) is 0 Å². The smallest absolute Gasteiger partial charge is 0.324 e. The zero-order valence-corrected chi connectivity index (χ0v) is 9.44. The molecule has 5 heteroatoms. The minimum Gasteiger partial charge on any atom is -0.455 e. The summed E-state index contributed by atoms with van der Waals surface area (Å²) in [6.45, 7) is 0. The molecule has 0 spiro atoms. The Bertz CT molecular complexity index is 665. The van der Waals surface area contributed by atoms with Crippen molar-refractivity contribution in [2.75, 3.05) is 0 Å². The molecule has 1 aromatic carbocycles. The fourth-order valence-corrected chi connectivity index (χ4v) is 2.43. The number of hydrogen-bond acceptors (Lipinski definition) is 4. The fourth-order valence-electron chi connectivity index (χ4n) is 1.66. The third kappa shape index (κ3) is 1.70. The van der Waals surface area contributed by atoms with Crippen molar-refractivity contribution in [1.82, 2.24) is 0 Å². The van der Waals surface area contributed by atoms with Crippen molar-refractivity contribution in [3.63, 3.8) is 0 Å². The topological polar surface area (TPSA) is 56.3 Å². The van der Waals surface area contributed by atoms with Crippen LogP contribution in [-0.4, -0.2) is 4.92 Å². The van der Waals surface area contributed by atoms with Crippen molar-refractivity contribution >= 4 is 27.3 Å². The second kappa shape index (κ2) is 3.71. The molecule has 2 aromatic heterocycles. The van der Waals surface area contributed by atoms with Crippen LogP contribution in [0.5, 0.6) is 0 Å². The van der Waals surface area contributed by atoms with Crippen LogP contribution in [0.25, 0.3) is 21.6 Å². The summed E-state index contributed by atoms with van der Waals surface area (Å²) >= 11 is 1.12. The van der Waals surface area contributed by atoms with Gasteiger partial charge in [-0.1, -0.05) is 29.5 Å². The monoisotopic (exact) mass is 245 g/mol. The minimum atomic E-state index is -0.392. The van der Waals surface area contributed by atoms with Crippen LogP contribution in [0.1, 0.15) is 0 Å². The molecule has 0 unspecified atom stereocenters. The molecule has 4 nitrogen and oxygen atoms in total. The molecule has 0 aliphatic carbocycles. The Balaban J connectivity index is 2.10. The van der Waals surface area contributed by atoms with Gasteiger partial charge in [0.15, 0.2) is 0 Å². The van der Waals surface area contributed by atoms with Gasteiger partial charge in [0.1, 0.15) is 11.3 Å². The first-order valence-electron chi connectivity index (χ1n) is 4.97. The highest BCUT2D eigenvalue weighted by Crippen LogP contribution is 2.35. The van der Waals surface area contributed by atoms with Crippen molar-refractivity contribution in [1.29, 1.82) is 0 Å². The summed E-state index contributed by atoms with van der Waals surface area (Å²) in [7, 11) is 0. The van der Waals surface area contributed by atoms with E-state index in [9.17, 15) is 10.1 Å². The molecular weight excluding hydrogens is 238 g/mol. The van der Waals surface area contributed by atoms with E-state index in [1.807, 2.05) is 30.3 Å². The molecule has 0 aliphatic rings. The van der Waals surface area contributed by atoms with Crippen LogP contribution >= 0.6 is 11.3 Å². The zero-order valence-electron chi connectivity index (χ0n) is 8.62. The standard InChI is InChI=1S/C12H7NO3S/c14-13(15)12-6-5-11(17-12)10-7-8-3-1-2-4-9(8)16-10/h1-7H. The van der Waals surface area contributed by atoms with Crippen LogP contribution in [0.2, 0.25) is 0 Å². The lowest BCUT2D eigenvalue weighted by molar-refractivity contribution is -0.380. The minimum absolute atomic E-state index is 0.125. The third-order valence-electron chi connectivity index (χ3n) is 2.44. The highest BCUT2D eigenvalue weighted by molar-refractivity contribution is 7.18. The molecule has 0 atom stereocenters. The van der Waals surface area contributed by atoms with Crippen LogP contribution in [0, 0.1) is 10.1 Å². The van der Waals surface area contributed by atoms with Gasteiger partial charge in [-0.2, -0.15) is 0 Å². The van der Waals surface area contributed by atoms with E-state index in [2.05, 4.69) is 0 Å². The normalized spacial score (nSPS) is 10.8. The number of furan rings is 1. The summed E-state index contributed by atoms with van der Waals surface area (Å²) in [5.74, 6) is 0.671. The van der Waals surface area contributed by atoms with E-state index in [1.54, 1.807) is 6.07 Å². The SMILES string of the molecule is O=[N+]([O-])c1ccc(-c2cc3ccccc3o2)s1. The summed E-state index contributed by atoms with van der Waals surface area (Å²) in [6.07, 6.45) is 0. The Labute approximate surface area is 100 Å². The quantitative estimate of drug-likeness (QED) is 0.505. The molecule has 17 heavy (non-hydrogen) atoms. The first-order valence-corrected chi connectivity index (χ1v) is 5.79. The number of hydrogen-bond donors (Lipinski definition) is 0. The van der Waals surface area contributed by atoms with Crippen LogP contribution in [0.3, 0.4) is 0 Å². The Hall–Kier alpha value is -2.14. The Morgan fingerprint density at radius 1 is 1.18 bits per heavy atom. The third-order valence-corrected chi connectivity index (χ3v) is 3.49. The molecule has 0 bridgehead atoms. The number of nitrogens with zero attached hydrogens (tertiary/aromatic N) is 1. The lowest BCUT2D eigenvalue weighted by Crippen LogP contribution is -1.80. The van der Waals surface area contributed by atoms with Crippen molar-refractivity contribution in [3.05, 3.63) is 52.6 Å². The lowest BCUT2D eigenvalue weighted by atomic mass is 10.2. The van der Waals surface area contributed by atoms with Crippen molar-refractivity contribution in [2.24, 2.45) is 0 Å². The van der Waals surface area contributed by atoms with Gasteiger partial charge in [0.25, 0.3) is 0 Å². The second-order valence-corrected chi connectivity index (χ2v) is 4.61. The predicted octanol–water partition coefficient (Wildman–Crippen LogP) is 4.07. The number of fused-ring (bicyclic) bond motifs is 1. The molecule has 0 N–H and O–H groups in total. The van der Waals surface area contributed by atoms with Gasteiger partial charge in [0.05, 0.1) is 9.80 Å². The summed E-state index contributed by atoms with van der Waals surface area (Å²) in [5.41, 5.74) is 0.790. The van der Waals surface area contributed by atoms with E-state index >= 15 is 0 Å². The number of benzene rings is 1. The van der Waals surface area contributed by atoms with Gasteiger partial charge in [0, 0.05) is 11.5 Å². The van der Waals surface area contributed by atoms with Crippen LogP contribution in [-0.2, 0) is 0 Å². The molecule has 0 fully saturated rings. The molecule has 0 aliphatic heterocycles. The maximum absolute atomic E-state index is 10.6. The molecule has 0 amide bonds. The van der Waals surface area contributed by atoms with Gasteiger partial charge >= 0.3 is 5.00 Å². The average molecular weight is 245 g/mol. The van der Waals surface area contributed by atoms with E-state index in [0.29, 0.717) is 5.76 Å². The molecule has 0 radical (unpaired) electrons. The molecule has 84 valence electrons. The summed E-state index contributed by atoms with van der Waals surface area (Å²) in [4.78, 5) is 11.0. The van der Waals surface area contributed by atoms with Crippen LogP contribution in [0.15, 0.2) is 46.9 Å². The molecule has 0 saturated heterocycles. The van der Waals surface area contributed by atoms with Crippen molar-refractivity contribution in [3.8, 4) is 10.6 Å². The summed E-state index contributed by atoms with van der Waals surface area (Å²) in [5, 5.41) is 11.7. The maximum atomic E-state index is 10.6. The zero-order chi connectivity index (χ0) is 11.8. The summed E-state index contributed by atoms with van der Waals surface area (Å²) < 4.78 is 5.63. The van der Waals surface area contributed by atoms with Crippen molar-refractivity contribution < 1.29 is 9.34 Å². The van der Waals surface area contributed by atoms with E-state index in [-0.39, 0.29) is 5.00 Å². The maximum Gasteiger partial charge on any atom is 0.324 e. The average Bonchev–Trinajstić information content (AvgIpc) is 2.95. The number of rotatable bonds is 2. The van der Waals surface area contributed by atoms with Gasteiger partial charge < -0.3 is 4.42 Å². The molecule has 0 saturated carbocycles. The predicted molar refractivity (Wildman–Crippen MR) is 66.2 cm³/mol. The summed E-state index contributed by atoms with van der Waals surface area (Å²) in [6, 6.07) is 12.7. The Morgan fingerprint density at radius 3 is 2.71 bits per heavy atom. The van der Waals surface area contributed by atoms with E-state index in [0.717, 1.165) is 27.2 Å². The largest absolute Gasteiger partial charge is 0.455 e. The number of para-hydroxylation sites is 1. The molecular formula is C12H7NO3S. The molecule has 3 rings (SSSR count). The number of nitro groups is 1. The van der Waals surface area contributed by atoms with E-state index in [4.69, 9.17) is 4.42 Å². The number of thiophene rings is 1. The highest BCUT2D eigenvalue weighted by atomic mass is 32.1. The highest BCUT2D eigenvalue weighted by Gasteiger charge is 2.13. The second-order valence-electron chi connectivity index (χ2n) is 3.54. The lowest BCUT2D eigenvalue weighted by Gasteiger charge is -1.87. The fraction of sp³-hybridized carbons (Fsp3) is 0. The first-order chi connectivity index (χ1) is 8.24. The molecule has 2 heterocycles. The molecule has 3 aromatic rings. The Kier molecular flexibility index (Phi) is 2.19. The van der Waals surface area contributed by atoms with Crippen LogP contribution in [0.4, 0.5) is 5.00 Å². The van der Waals surface area contributed by atoms with Crippen LogP contribution < -0.4 is 0 Å². The van der Waals surface area contributed by atoms with E-state index < -0.39 is 4.92 Å². The Morgan fingerprint density at radius 2 is 2.00 bits per heavy atom. The van der Waals surface area contributed by atoms with Gasteiger partial charge in [-0.3, -0.25) is 10.1 Å². The van der Waals surface area contributed by atoms with Gasteiger partial charge in [-0.15, -0.1) is 0 Å².